The molecular weight excluding hydrogens is 202 g/mol. The van der Waals surface area contributed by atoms with Gasteiger partial charge in [-0.2, -0.15) is 0 Å². The normalized spacial score (nSPS) is 13.3. The van der Waals surface area contributed by atoms with E-state index in [1.165, 1.54) is 0 Å². The van der Waals surface area contributed by atoms with Gasteiger partial charge in [0, 0.05) is 6.07 Å². The molecule has 0 aliphatic carbocycles. The first-order valence-corrected chi connectivity index (χ1v) is 5.41. The number of H-pyrrole nitrogens is 1. The minimum Gasteiger partial charge on any atom is -0.497 e. The van der Waals surface area contributed by atoms with E-state index in [1.807, 2.05) is 18.2 Å². The number of nitrogens with two attached hydrogens (primary N) is 1. The lowest BCUT2D eigenvalue weighted by Gasteiger charge is -2.11. The number of methoxy groups -OCH3 is 1. The van der Waals surface area contributed by atoms with Crippen LogP contribution < -0.4 is 10.5 Å². The second-order valence-electron chi connectivity index (χ2n) is 4.27. The quantitative estimate of drug-likeness (QED) is 0.832. The molecule has 0 aliphatic rings. The van der Waals surface area contributed by atoms with Gasteiger partial charge in [-0.25, -0.2) is 4.98 Å². The number of hydrogen-bond acceptors (Lipinski definition) is 3. The number of imidazole rings is 1. The fourth-order valence-electron chi connectivity index (χ4n) is 1.61. The molecule has 0 bridgehead atoms. The van der Waals surface area contributed by atoms with Crippen LogP contribution in [0.1, 0.15) is 25.7 Å². The number of aromatic nitrogens is 2. The Kier molecular flexibility index (Phi) is 2.83. The van der Waals surface area contributed by atoms with E-state index in [9.17, 15) is 0 Å². The lowest BCUT2D eigenvalue weighted by molar-refractivity contribution is 0.415. The maximum atomic E-state index is 6.05. The minimum absolute atomic E-state index is 0.0570. The number of nitrogens with one attached hydrogen (secondary N) is 1. The minimum atomic E-state index is -0.0570. The molecule has 1 heterocycles. The second kappa shape index (κ2) is 4.14. The van der Waals surface area contributed by atoms with E-state index in [2.05, 4.69) is 23.8 Å². The van der Waals surface area contributed by atoms with E-state index in [0.717, 1.165) is 22.6 Å². The van der Waals surface area contributed by atoms with E-state index in [1.54, 1.807) is 7.11 Å². The number of hydrogen-bond donors (Lipinski definition) is 2. The van der Waals surface area contributed by atoms with Crippen LogP contribution in [0.25, 0.3) is 11.0 Å². The van der Waals surface area contributed by atoms with Crippen molar-refractivity contribution in [2.24, 2.45) is 11.7 Å². The average molecular weight is 219 g/mol. The van der Waals surface area contributed by atoms with Gasteiger partial charge in [0.1, 0.15) is 11.6 Å². The van der Waals surface area contributed by atoms with Crippen molar-refractivity contribution >= 4 is 11.0 Å². The van der Waals surface area contributed by atoms with Gasteiger partial charge < -0.3 is 15.5 Å². The summed E-state index contributed by atoms with van der Waals surface area (Å²) in [6.07, 6.45) is 0. The lowest BCUT2D eigenvalue weighted by atomic mass is 10.1. The van der Waals surface area contributed by atoms with E-state index in [-0.39, 0.29) is 6.04 Å². The Bertz CT molecular complexity index is 490. The standard InChI is InChI=1S/C12H17N3O/c1-7(2)11(13)12-14-9-5-4-8(16-3)6-10(9)15-12/h4-7,11H,13H2,1-3H3,(H,14,15)/t11-/m0/s1. The molecule has 0 amide bonds. The van der Waals surface area contributed by atoms with Gasteiger partial charge >= 0.3 is 0 Å². The van der Waals surface area contributed by atoms with Crippen LogP contribution in [0, 0.1) is 5.92 Å². The molecule has 0 aliphatic heterocycles. The summed E-state index contributed by atoms with van der Waals surface area (Å²) in [4.78, 5) is 7.71. The summed E-state index contributed by atoms with van der Waals surface area (Å²) in [5.41, 5.74) is 7.93. The van der Waals surface area contributed by atoms with Crippen LogP contribution in [-0.2, 0) is 0 Å². The van der Waals surface area contributed by atoms with Crippen molar-refractivity contribution in [1.82, 2.24) is 9.97 Å². The summed E-state index contributed by atoms with van der Waals surface area (Å²) in [5.74, 6) is 2.02. The first-order valence-electron chi connectivity index (χ1n) is 5.41. The van der Waals surface area contributed by atoms with Crippen molar-refractivity contribution in [3.63, 3.8) is 0 Å². The number of ether oxygens (including phenoxy) is 1. The van der Waals surface area contributed by atoms with Gasteiger partial charge in [-0.15, -0.1) is 0 Å². The number of rotatable bonds is 3. The zero-order valence-electron chi connectivity index (χ0n) is 9.82. The Hall–Kier alpha value is -1.55. The van der Waals surface area contributed by atoms with E-state index >= 15 is 0 Å². The number of nitrogens with zero attached hydrogens (tertiary/aromatic N) is 1. The molecule has 1 aromatic heterocycles. The van der Waals surface area contributed by atoms with Gasteiger partial charge in [0.25, 0.3) is 0 Å². The first kappa shape index (κ1) is 11.0. The highest BCUT2D eigenvalue weighted by atomic mass is 16.5. The zero-order chi connectivity index (χ0) is 11.7. The molecular formula is C12H17N3O. The van der Waals surface area contributed by atoms with Gasteiger partial charge in [0.2, 0.25) is 0 Å². The monoisotopic (exact) mass is 219 g/mol. The Morgan fingerprint density at radius 1 is 1.38 bits per heavy atom. The van der Waals surface area contributed by atoms with E-state index in [0.29, 0.717) is 5.92 Å². The van der Waals surface area contributed by atoms with E-state index < -0.39 is 0 Å². The van der Waals surface area contributed by atoms with Crippen LogP contribution in [0.5, 0.6) is 5.75 Å². The summed E-state index contributed by atoms with van der Waals surface area (Å²) in [7, 11) is 1.65. The molecule has 86 valence electrons. The van der Waals surface area contributed by atoms with Gasteiger partial charge in [-0.3, -0.25) is 0 Å². The summed E-state index contributed by atoms with van der Waals surface area (Å²) in [6, 6.07) is 5.70. The van der Waals surface area contributed by atoms with Crippen LogP contribution in [0.3, 0.4) is 0 Å². The van der Waals surface area contributed by atoms with Gasteiger partial charge in [-0.1, -0.05) is 13.8 Å². The Balaban J connectivity index is 2.43. The molecule has 0 saturated heterocycles. The van der Waals surface area contributed by atoms with Crippen molar-refractivity contribution < 1.29 is 4.74 Å². The molecule has 0 unspecified atom stereocenters. The van der Waals surface area contributed by atoms with Crippen LogP contribution in [-0.4, -0.2) is 17.1 Å². The van der Waals surface area contributed by atoms with Crippen molar-refractivity contribution in [2.75, 3.05) is 7.11 Å². The van der Waals surface area contributed by atoms with Crippen LogP contribution >= 0.6 is 0 Å². The lowest BCUT2D eigenvalue weighted by Crippen LogP contribution is -2.17. The molecule has 0 spiro atoms. The highest BCUT2D eigenvalue weighted by Crippen LogP contribution is 2.22. The number of benzene rings is 1. The smallest absolute Gasteiger partial charge is 0.124 e. The molecule has 4 heteroatoms. The average Bonchev–Trinajstić information content (AvgIpc) is 2.69. The maximum absolute atomic E-state index is 6.05. The Morgan fingerprint density at radius 2 is 2.12 bits per heavy atom. The van der Waals surface area contributed by atoms with Crippen molar-refractivity contribution in [3.05, 3.63) is 24.0 Å². The van der Waals surface area contributed by atoms with Crippen LogP contribution in [0.4, 0.5) is 0 Å². The molecule has 0 radical (unpaired) electrons. The third kappa shape index (κ3) is 1.88. The van der Waals surface area contributed by atoms with Gasteiger partial charge in [-0.05, 0) is 18.1 Å². The maximum Gasteiger partial charge on any atom is 0.124 e. The number of aromatic amines is 1. The predicted octanol–water partition coefficient (Wildman–Crippen LogP) is 2.23. The molecule has 0 saturated carbocycles. The summed E-state index contributed by atoms with van der Waals surface area (Å²) < 4.78 is 5.16. The highest BCUT2D eigenvalue weighted by Gasteiger charge is 2.14. The second-order valence-corrected chi connectivity index (χ2v) is 4.27. The van der Waals surface area contributed by atoms with Crippen molar-refractivity contribution in [1.29, 1.82) is 0 Å². The van der Waals surface area contributed by atoms with Crippen molar-refractivity contribution in [3.8, 4) is 5.75 Å². The van der Waals surface area contributed by atoms with E-state index in [4.69, 9.17) is 10.5 Å². The molecule has 2 aromatic rings. The predicted molar refractivity (Wildman–Crippen MR) is 64.4 cm³/mol. The fraction of sp³-hybridized carbons (Fsp3) is 0.417. The SMILES string of the molecule is COc1ccc2nc([C@@H](N)C(C)C)[nH]c2c1. The van der Waals surface area contributed by atoms with Gasteiger partial charge in [0.05, 0.1) is 24.2 Å². The van der Waals surface area contributed by atoms with Crippen LogP contribution in [0.2, 0.25) is 0 Å². The third-order valence-electron chi connectivity index (χ3n) is 2.74. The highest BCUT2D eigenvalue weighted by molar-refractivity contribution is 5.76. The Morgan fingerprint density at radius 3 is 2.75 bits per heavy atom. The summed E-state index contributed by atoms with van der Waals surface area (Å²) >= 11 is 0. The topological polar surface area (TPSA) is 63.9 Å². The van der Waals surface area contributed by atoms with Gasteiger partial charge in [0.15, 0.2) is 0 Å². The van der Waals surface area contributed by atoms with Crippen molar-refractivity contribution in [2.45, 2.75) is 19.9 Å². The largest absolute Gasteiger partial charge is 0.497 e. The molecule has 1 aromatic carbocycles. The fourth-order valence-corrected chi connectivity index (χ4v) is 1.61. The first-order chi connectivity index (χ1) is 7.61. The summed E-state index contributed by atoms with van der Waals surface area (Å²) in [6.45, 7) is 4.16. The molecule has 2 rings (SSSR count). The van der Waals surface area contributed by atoms with Crippen LogP contribution in [0.15, 0.2) is 18.2 Å². The Labute approximate surface area is 94.8 Å². The molecule has 1 atom stereocenters. The summed E-state index contributed by atoms with van der Waals surface area (Å²) in [5, 5.41) is 0. The number of fused-ring (bicyclic) bond motifs is 1. The molecule has 16 heavy (non-hydrogen) atoms. The molecule has 0 fully saturated rings. The zero-order valence-corrected chi connectivity index (χ0v) is 9.82. The third-order valence-corrected chi connectivity index (χ3v) is 2.74. The molecule has 4 nitrogen and oxygen atoms in total. The molecule has 3 N–H and O–H groups in total.